The topological polar surface area (TPSA) is 122 Å². The summed E-state index contributed by atoms with van der Waals surface area (Å²) in [6.45, 7) is 6.51. The molecule has 0 spiro atoms. The van der Waals surface area contributed by atoms with Crippen LogP contribution in [0.25, 0.3) is 10.4 Å². The van der Waals surface area contributed by atoms with Crippen molar-refractivity contribution in [3.05, 3.63) is 33.7 Å². The molecule has 1 aromatic carbocycles. The van der Waals surface area contributed by atoms with Crippen molar-refractivity contribution in [2.45, 2.75) is 33.3 Å². The van der Waals surface area contributed by atoms with Crippen LogP contribution in [0.4, 0.5) is 10.5 Å². The number of carboxylic acids is 1. The maximum atomic E-state index is 11.7. The molecule has 0 saturated carbocycles. The Balaban J connectivity index is 3.28. The van der Waals surface area contributed by atoms with Gasteiger partial charge in [-0.3, -0.25) is 0 Å². The standard InChI is InChI=1S/C13H15N3O5/c1-7-5-6-8(15-16-14)9(11(17)18)10(7)20-12(19)21-13(2,3)4/h5-6H,1-4H3,(H,17,18). The largest absolute Gasteiger partial charge is 0.514 e. The van der Waals surface area contributed by atoms with Crippen LogP contribution in [0.1, 0.15) is 36.7 Å². The van der Waals surface area contributed by atoms with Crippen LogP contribution in [0.2, 0.25) is 0 Å². The molecule has 0 amide bonds. The first kappa shape index (κ1) is 16.3. The predicted octanol–water partition coefficient (Wildman–Crippen LogP) is 3.95. The quantitative estimate of drug-likeness (QED) is 0.297. The lowest BCUT2D eigenvalue weighted by molar-refractivity contribution is 0.0203. The first-order valence-electron chi connectivity index (χ1n) is 5.98. The molecule has 0 aromatic heterocycles. The second-order valence-electron chi connectivity index (χ2n) is 5.17. The molecule has 1 N–H and O–H groups in total. The van der Waals surface area contributed by atoms with E-state index in [1.54, 1.807) is 27.7 Å². The van der Waals surface area contributed by atoms with E-state index in [0.717, 1.165) is 0 Å². The molecule has 1 rings (SSSR count). The molecule has 0 aliphatic rings. The number of rotatable bonds is 3. The van der Waals surface area contributed by atoms with E-state index in [-0.39, 0.29) is 11.4 Å². The zero-order valence-electron chi connectivity index (χ0n) is 12.1. The average molecular weight is 293 g/mol. The third-order valence-corrected chi connectivity index (χ3v) is 2.27. The van der Waals surface area contributed by atoms with Crippen molar-refractivity contribution in [3.8, 4) is 5.75 Å². The minimum atomic E-state index is -1.38. The molecule has 8 nitrogen and oxygen atoms in total. The molecule has 0 bridgehead atoms. The molecule has 0 heterocycles. The monoisotopic (exact) mass is 293 g/mol. The second kappa shape index (κ2) is 6.15. The Morgan fingerprint density at radius 2 is 1.95 bits per heavy atom. The highest BCUT2D eigenvalue weighted by atomic mass is 16.7. The van der Waals surface area contributed by atoms with Gasteiger partial charge in [0.05, 0.1) is 5.69 Å². The highest BCUT2D eigenvalue weighted by Gasteiger charge is 2.24. The van der Waals surface area contributed by atoms with Crippen LogP contribution < -0.4 is 4.74 Å². The Hall–Kier alpha value is -2.73. The molecular formula is C13H15N3O5. The van der Waals surface area contributed by atoms with E-state index < -0.39 is 23.3 Å². The average Bonchev–Trinajstić information content (AvgIpc) is 2.30. The van der Waals surface area contributed by atoms with Gasteiger partial charge in [0, 0.05) is 4.91 Å². The lowest BCUT2D eigenvalue weighted by Crippen LogP contribution is -2.26. The molecule has 0 aliphatic carbocycles. The van der Waals surface area contributed by atoms with Crippen molar-refractivity contribution in [3.63, 3.8) is 0 Å². The van der Waals surface area contributed by atoms with Crippen molar-refractivity contribution in [2.24, 2.45) is 5.11 Å². The SMILES string of the molecule is Cc1ccc(N=[N+]=[N-])c(C(=O)O)c1OC(=O)OC(C)(C)C. The minimum Gasteiger partial charge on any atom is -0.478 e. The van der Waals surface area contributed by atoms with E-state index in [2.05, 4.69) is 10.0 Å². The Kier molecular flexibility index (Phi) is 4.78. The van der Waals surface area contributed by atoms with Gasteiger partial charge >= 0.3 is 12.1 Å². The lowest BCUT2D eigenvalue weighted by atomic mass is 10.1. The second-order valence-corrected chi connectivity index (χ2v) is 5.17. The summed E-state index contributed by atoms with van der Waals surface area (Å²) >= 11 is 0. The van der Waals surface area contributed by atoms with E-state index in [0.29, 0.717) is 5.56 Å². The number of hydrogen-bond acceptors (Lipinski definition) is 5. The van der Waals surface area contributed by atoms with Crippen LogP contribution in [0.15, 0.2) is 17.2 Å². The number of azide groups is 1. The van der Waals surface area contributed by atoms with Crippen molar-refractivity contribution in [2.75, 3.05) is 0 Å². The number of ether oxygens (including phenoxy) is 2. The lowest BCUT2D eigenvalue weighted by Gasteiger charge is -2.20. The summed E-state index contributed by atoms with van der Waals surface area (Å²) < 4.78 is 9.95. The first-order valence-corrected chi connectivity index (χ1v) is 5.98. The summed E-state index contributed by atoms with van der Waals surface area (Å²) in [4.78, 5) is 25.6. The van der Waals surface area contributed by atoms with Gasteiger partial charge in [-0.2, -0.15) is 0 Å². The molecule has 21 heavy (non-hydrogen) atoms. The van der Waals surface area contributed by atoms with Gasteiger partial charge in [0.15, 0.2) is 5.75 Å². The molecule has 0 atom stereocenters. The van der Waals surface area contributed by atoms with Crippen LogP contribution in [0.3, 0.4) is 0 Å². The summed E-state index contributed by atoms with van der Waals surface area (Å²) in [5.41, 5.74) is 7.54. The van der Waals surface area contributed by atoms with Gasteiger partial charge in [-0.05, 0) is 38.8 Å². The van der Waals surface area contributed by atoms with E-state index in [9.17, 15) is 14.7 Å². The van der Waals surface area contributed by atoms with E-state index in [4.69, 9.17) is 15.0 Å². The van der Waals surface area contributed by atoms with Crippen molar-refractivity contribution >= 4 is 17.8 Å². The fraction of sp³-hybridized carbons (Fsp3) is 0.385. The van der Waals surface area contributed by atoms with Gasteiger partial charge in [0.1, 0.15) is 11.2 Å². The number of nitrogens with zero attached hydrogens (tertiary/aromatic N) is 3. The van der Waals surface area contributed by atoms with E-state index in [1.807, 2.05) is 0 Å². The zero-order valence-corrected chi connectivity index (χ0v) is 12.1. The minimum absolute atomic E-state index is 0.144. The molecule has 1 aromatic rings. The number of aryl methyl sites for hydroxylation is 1. The molecule has 0 unspecified atom stereocenters. The van der Waals surface area contributed by atoms with Crippen LogP contribution in [0.5, 0.6) is 5.75 Å². The van der Waals surface area contributed by atoms with Gasteiger partial charge < -0.3 is 14.6 Å². The van der Waals surface area contributed by atoms with Crippen LogP contribution in [0, 0.1) is 6.92 Å². The summed E-state index contributed by atoms with van der Waals surface area (Å²) in [6, 6.07) is 2.82. The Morgan fingerprint density at radius 3 is 2.43 bits per heavy atom. The molecular weight excluding hydrogens is 278 g/mol. The predicted molar refractivity (Wildman–Crippen MR) is 73.8 cm³/mol. The third kappa shape index (κ3) is 4.39. The van der Waals surface area contributed by atoms with E-state index >= 15 is 0 Å². The fourth-order valence-corrected chi connectivity index (χ4v) is 1.50. The summed E-state index contributed by atoms with van der Waals surface area (Å²) in [7, 11) is 0. The van der Waals surface area contributed by atoms with Gasteiger partial charge in [-0.1, -0.05) is 17.2 Å². The molecule has 0 saturated heterocycles. The summed E-state index contributed by atoms with van der Waals surface area (Å²) in [5.74, 6) is -1.58. The number of carbonyl (C=O) groups excluding carboxylic acids is 1. The number of aromatic carboxylic acids is 1. The highest BCUT2D eigenvalue weighted by molar-refractivity contribution is 5.97. The molecule has 0 aliphatic heterocycles. The maximum Gasteiger partial charge on any atom is 0.514 e. The molecule has 8 heteroatoms. The van der Waals surface area contributed by atoms with Crippen molar-refractivity contribution in [1.82, 2.24) is 0 Å². The fourth-order valence-electron chi connectivity index (χ4n) is 1.50. The zero-order chi connectivity index (χ0) is 16.2. The normalized spacial score (nSPS) is 10.5. The number of hydrogen-bond donors (Lipinski definition) is 1. The number of carbonyl (C=O) groups is 2. The van der Waals surface area contributed by atoms with Gasteiger partial charge in [-0.25, -0.2) is 9.59 Å². The molecule has 0 radical (unpaired) electrons. The van der Waals surface area contributed by atoms with Crippen LogP contribution in [-0.4, -0.2) is 22.8 Å². The molecule has 0 fully saturated rings. The Bertz CT molecular complexity index is 627. The van der Waals surface area contributed by atoms with Crippen LogP contribution in [-0.2, 0) is 4.74 Å². The number of benzene rings is 1. The van der Waals surface area contributed by atoms with Crippen LogP contribution >= 0.6 is 0 Å². The number of carboxylic acid groups (broad SMARTS) is 1. The molecule has 112 valence electrons. The van der Waals surface area contributed by atoms with E-state index in [1.165, 1.54) is 12.1 Å². The summed E-state index contributed by atoms with van der Waals surface area (Å²) in [5, 5.41) is 12.5. The van der Waals surface area contributed by atoms with Crippen molar-refractivity contribution < 1.29 is 24.2 Å². The summed E-state index contributed by atoms with van der Waals surface area (Å²) in [6.07, 6.45) is -1.04. The van der Waals surface area contributed by atoms with Gasteiger partial charge in [0.25, 0.3) is 0 Å². The smallest absolute Gasteiger partial charge is 0.478 e. The highest BCUT2D eigenvalue weighted by Crippen LogP contribution is 2.33. The van der Waals surface area contributed by atoms with Gasteiger partial charge in [-0.15, -0.1) is 0 Å². The van der Waals surface area contributed by atoms with Gasteiger partial charge in [0.2, 0.25) is 0 Å². The first-order chi connectivity index (χ1) is 9.65. The maximum absolute atomic E-state index is 11.7. The Labute approximate surface area is 120 Å². The third-order valence-electron chi connectivity index (χ3n) is 2.27. The Morgan fingerprint density at radius 1 is 1.33 bits per heavy atom. The van der Waals surface area contributed by atoms with Crippen molar-refractivity contribution in [1.29, 1.82) is 0 Å².